The number of anilines is 2. The summed E-state index contributed by atoms with van der Waals surface area (Å²) >= 11 is 0. The van der Waals surface area contributed by atoms with Crippen molar-refractivity contribution >= 4 is 21.5 Å². The summed E-state index contributed by atoms with van der Waals surface area (Å²) in [6, 6.07) is 17.3. The molecule has 4 nitrogen and oxygen atoms in total. The first-order valence-corrected chi connectivity index (χ1v) is 7.92. The second-order valence-electron chi connectivity index (χ2n) is 4.56. The molecule has 0 radical (unpaired) electrons. The van der Waals surface area contributed by atoms with Gasteiger partial charge in [0.1, 0.15) is 0 Å². The van der Waals surface area contributed by atoms with E-state index in [1.165, 1.54) is 0 Å². The van der Waals surface area contributed by atoms with Gasteiger partial charge in [0, 0.05) is 17.9 Å². The first-order chi connectivity index (χ1) is 9.47. The maximum absolute atomic E-state index is 11.0. The normalized spacial score (nSPS) is 11.3. The van der Waals surface area contributed by atoms with Crippen molar-refractivity contribution in [2.45, 2.75) is 6.92 Å². The van der Waals surface area contributed by atoms with Crippen LogP contribution in [0, 0.1) is 6.92 Å². The molecule has 106 valence electrons. The Morgan fingerprint density at radius 3 is 2.20 bits per heavy atom. The summed E-state index contributed by atoms with van der Waals surface area (Å²) in [5.74, 6) is -0.309. The minimum atomic E-state index is -3.99. The highest BCUT2D eigenvalue weighted by Crippen LogP contribution is 2.27. The molecule has 0 saturated carbocycles. The van der Waals surface area contributed by atoms with Gasteiger partial charge in [-0.15, -0.1) is 0 Å². The van der Waals surface area contributed by atoms with Gasteiger partial charge in [0.25, 0.3) is 10.1 Å². The topological polar surface area (TPSA) is 57.6 Å². The van der Waals surface area contributed by atoms with E-state index in [1.807, 2.05) is 66.4 Å². The standard InChI is InChI=1S/C15H17NO3S/c1-13-7-5-6-10-15(13)16(11-12-20(17,18)19)14-8-3-2-4-9-14/h2-10H,11-12H2,1H3,(H,17,18,19). The smallest absolute Gasteiger partial charge is 0.266 e. The molecule has 0 aliphatic carbocycles. The molecule has 5 heteroatoms. The molecule has 0 aliphatic heterocycles. The third kappa shape index (κ3) is 3.82. The van der Waals surface area contributed by atoms with Crippen LogP contribution in [-0.2, 0) is 10.1 Å². The molecule has 1 N–H and O–H groups in total. The fourth-order valence-corrected chi connectivity index (χ4v) is 2.48. The van der Waals surface area contributed by atoms with Crippen LogP contribution in [0.1, 0.15) is 5.56 Å². The Bertz CT molecular complexity index is 669. The van der Waals surface area contributed by atoms with Gasteiger partial charge in [-0.05, 0) is 30.7 Å². The second-order valence-corrected chi connectivity index (χ2v) is 6.13. The molecule has 0 heterocycles. The van der Waals surface area contributed by atoms with Gasteiger partial charge in [-0.1, -0.05) is 36.4 Å². The Morgan fingerprint density at radius 1 is 1.00 bits per heavy atom. The molecule has 2 rings (SSSR count). The Balaban J connectivity index is 2.37. The summed E-state index contributed by atoms with van der Waals surface area (Å²) in [5, 5.41) is 0. The van der Waals surface area contributed by atoms with Gasteiger partial charge in [-0.3, -0.25) is 4.55 Å². The highest BCUT2D eigenvalue weighted by molar-refractivity contribution is 7.85. The zero-order valence-corrected chi connectivity index (χ0v) is 12.0. The van der Waals surface area contributed by atoms with Crippen LogP contribution in [0.2, 0.25) is 0 Å². The van der Waals surface area contributed by atoms with Crippen molar-refractivity contribution in [3.05, 3.63) is 60.2 Å². The number of hydrogen-bond acceptors (Lipinski definition) is 3. The number of para-hydroxylation sites is 2. The monoisotopic (exact) mass is 291 g/mol. The van der Waals surface area contributed by atoms with Crippen LogP contribution < -0.4 is 4.90 Å². The predicted molar refractivity (Wildman–Crippen MR) is 81.0 cm³/mol. The van der Waals surface area contributed by atoms with Gasteiger partial charge in [0.15, 0.2) is 0 Å². The van der Waals surface area contributed by atoms with Crippen LogP contribution >= 0.6 is 0 Å². The Labute approximate surface area is 119 Å². The molecule has 0 aromatic heterocycles. The summed E-state index contributed by atoms with van der Waals surface area (Å²) in [6.07, 6.45) is 0. The maximum Gasteiger partial charge on any atom is 0.266 e. The first-order valence-electron chi connectivity index (χ1n) is 6.31. The molecule has 0 saturated heterocycles. The Morgan fingerprint density at radius 2 is 1.60 bits per heavy atom. The maximum atomic E-state index is 11.0. The highest BCUT2D eigenvalue weighted by atomic mass is 32.2. The van der Waals surface area contributed by atoms with E-state index in [4.69, 9.17) is 4.55 Å². The molecule has 0 atom stereocenters. The fourth-order valence-electron chi connectivity index (χ4n) is 2.07. The lowest BCUT2D eigenvalue weighted by Gasteiger charge is -2.26. The number of hydrogen-bond donors (Lipinski definition) is 1. The van der Waals surface area contributed by atoms with E-state index in [9.17, 15) is 8.42 Å². The van der Waals surface area contributed by atoms with Crippen LogP contribution in [0.5, 0.6) is 0 Å². The van der Waals surface area contributed by atoms with Crippen molar-refractivity contribution in [2.24, 2.45) is 0 Å². The summed E-state index contributed by atoms with van der Waals surface area (Å²) in [5.41, 5.74) is 2.87. The first kappa shape index (κ1) is 14.6. The summed E-state index contributed by atoms with van der Waals surface area (Å²) in [6.45, 7) is 2.17. The number of nitrogens with zero attached hydrogens (tertiary/aromatic N) is 1. The SMILES string of the molecule is Cc1ccccc1N(CCS(=O)(=O)O)c1ccccc1. The van der Waals surface area contributed by atoms with Crippen molar-refractivity contribution in [1.82, 2.24) is 0 Å². The molecule has 0 unspecified atom stereocenters. The zero-order valence-electron chi connectivity index (χ0n) is 11.2. The van der Waals surface area contributed by atoms with Crippen LogP contribution in [0.25, 0.3) is 0 Å². The lowest BCUT2D eigenvalue weighted by atomic mass is 10.1. The molecule has 0 aliphatic rings. The van der Waals surface area contributed by atoms with Crippen molar-refractivity contribution in [2.75, 3.05) is 17.2 Å². The van der Waals surface area contributed by atoms with Gasteiger partial charge in [0.2, 0.25) is 0 Å². The summed E-state index contributed by atoms with van der Waals surface area (Å²) in [4.78, 5) is 1.89. The molecule has 2 aromatic rings. The van der Waals surface area contributed by atoms with Gasteiger partial charge in [0.05, 0.1) is 5.75 Å². The van der Waals surface area contributed by atoms with E-state index in [2.05, 4.69) is 0 Å². The largest absolute Gasteiger partial charge is 0.340 e. The highest BCUT2D eigenvalue weighted by Gasteiger charge is 2.14. The molecule has 20 heavy (non-hydrogen) atoms. The second kappa shape index (κ2) is 6.07. The number of benzene rings is 2. The van der Waals surface area contributed by atoms with E-state index in [-0.39, 0.29) is 12.3 Å². The van der Waals surface area contributed by atoms with E-state index in [0.29, 0.717) is 0 Å². The lowest BCUT2D eigenvalue weighted by molar-refractivity contribution is 0.483. The van der Waals surface area contributed by atoms with Gasteiger partial charge < -0.3 is 4.90 Å². The molecular weight excluding hydrogens is 274 g/mol. The average molecular weight is 291 g/mol. The van der Waals surface area contributed by atoms with Crippen LogP contribution in [-0.4, -0.2) is 25.3 Å². The molecule has 0 amide bonds. The third-order valence-electron chi connectivity index (χ3n) is 3.05. The summed E-state index contributed by atoms with van der Waals surface area (Å²) < 4.78 is 31.0. The average Bonchev–Trinajstić information content (AvgIpc) is 2.41. The molecule has 0 spiro atoms. The minimum absolute atomic E-state index is 0.202. The van der Waals surface area contributed by atoms with E-state index >= 15 is 0 Å². The van der Waals surface area contributed by atoms with E-state index in [1.54, 1.807) is 0 Å². The summed E-state index contributed by atoms with van der Waals surface area (Å²) in [7, 11) is -3.99. The van der Waals surface area contributed by atoms with E-state index < -0.39 is 10.1 Å². The number of rotatable bonds is 5. The third-order valence-corrected chi connectivity index (χ3v) is 3.75. The van der Waals surface area contributed by atoms with Gasteiger partial charge in [-0.25, -0.2) is 0 Å². The van der Waals surface area contributed by atoms with Crippen molar-refractivity contribution in [1.29, 1.82) is 0 Å². The zero-order chi connectivity index (χ0) is 14.6. The van der Waals surface area contributed by atoms with Crippen molar-refractivity contribution < 1.29 is 13.0 Å². The van der Waals surface area contributed by atoms with Gasteiger partial charge >= 0.3 is 0 Å². The van der Waals surface area contributed by atoms with Crippen LogP contribution in [0.15, 0.2) is 54.6 Å². The molecule has 2 aromatic carbocycles. The van der Waals surface area contributed by atoms with Crippen molar-refractivity contribution in [3.8, 4) is 0 Å². The molecule has 0 bridgehead atoms. The molecular formula is C15H17NO3S. The Kier molecular flexibility index (Phi) is 4.42. The minimum Gasteiger partial charge on any atom is -0.340 e. The van der Waals surface area contributed by atoms with Crippen molar-refractivity contribution in [3.63, 3.8) is 0 Å². The fraction of sp³-hybridized carbons (Fsp3) is 0.200. The predicted octanol–water partition coefficient (Wildman–Crippen LogP) is 3.02. The van der Waals surface area contributed by atoms with Crippen LogP contribution in [0.4, 0.5) is 11.4 Å². The van der Waals surface area contributed by atoms with Crippen LogP contribution in [0.3, 0.4) is 0 Å². The van der Waals surface area contributed by atoms with Gasteiger partial charge in [-0.2, -0.15) is 8.42 Å². The van der Waals surface area contributed by atoms with E-state index in [0.717, 1.165) is 16.9 Å². The lowest BCUT2D eigenvalue weighted by Crippen LogP contribution is -2.25. The quantitative estimate of drug-likeness (QED) is 0.860. The molecule has 0 fully saturated rings. The number of aryl methyl sites for hydroxylation is 1. The Hall–Kier alpha value is -1.85.